The first kappa shape index (κ1) is 35.2. The van der Waals surface area contributed by atoms with E-state index in [0.29, 0.717) is 18.5 Å². The van der Waals surface area contributed by atoms with Crippen LogP contribution in [0.5, 0.6) is 0 Å². The number of halogens is 2. The number of aromatic nitrogens is 4. The summed E-state index contributed by atoms with van der Waals surface area (Å²) in [5.41, 5.74) is 4.75. The molecule has 3 aliphatic rings. The lowest BCUT2D eigenvalue weighted by atomic mass is 9.75. The molecule has 5 heterocycles. The number of nitrogens with zero attached hydrogens (tertiary/aromatic N) is 3. The van der Waals surface area contributed by atoms with Crippen molar-refractivity contribution in [1.29, 1.82) is 0 Å². The largest absolute Gasteiger partial charge is 0.495 e. The fourth-order valence-corrected chi connectivity index (χ4v) is 6.10. The number of H-pyrrole nitrogens is 1. The Hall–Kier alpha value is -3.10. The second-order valence-electron chi connectivity index (χ2n) is 13.2. The smallest absolute Gasteiger partial charge is 0.480 e. The summed E-state index contributed by atoms with van der Waals surface area (Å²) >= 11 is 3.49. The molecule has 3 N–H and O–H groups in total. The molecule has 2 atom stereocenters. The first-order valence-electron chi connectivity index (χ1n) is 16.2. The van der Waals surface area contributed by atoms with Crippen LogP contribution in [0.1, 0.15) is 82.6 Å². The van der Waals surface area contributed by atoms with Crippen molar-refractivity contribution in [3.05, 3.63) is 75.7 Å². The van der Waals surface area contributed by atoms with Crippen LogP contribution >= 0.6 is 15.9 Å². The summed E-state index contributed by atoms with van der Waals surface area (Å²) in [6.07, 6.45) is 8.36. The van der Waals surface area contributed by atoms with E-state index in [1.807, 2.05) is 50.7 Å². The van der Waals surface area contributed by atoms with Crippen LogP contribution in [0, 0.1) is 12.7 Å². The first-order chi connectivity index (χ1) is 22.3. The molecule has 0 aliphatic carbocycles. The molecule has 2 aromatic carbocycles. The van der Waals surface area contributed by atoms with E-state index in [0.717, 1.165) is 57.2 Å². The molecule has 0 bridgehead atoms. The second kappa shape index (κ2) is 14.6. The highest BCUT2D eigenvalue weighted by Gasteiger charge is 2.52. The Morgan fingerprint density at radius 2 is 1.91 bits per heavy atom. The molecule has 0 amide bonds. The average Bonchev–Trinajstić information content (AvgIpc) is 3.74. The van der Waals surface area contributed by atoms with E-state index in [2.05, 4.69) is 55.4 Å². The third-order valence-electron chi connectivity index (χ3n) is 9.33. The summed E-state index contributed by atoms with van der Waals surface area (Å²) in [5.74, 6) is -1.02. The number of aliphatic carboxylic acids is 1. The number of imidazole rings is 1. The van der Waals surface area contributed by atoms with Gasteiger partial charge in [-0.25, -0.2) is 14.1 Å². The van der Waals surface area contributed by atoms with Gasteiger partial charge in [-0.15, -0.1) is 0 Å². The number of aryl methyl sites for hydroxylation is 2. The van der Waals surface area contributed by atoms with Gasteiger partial charge in [0.15, 0.2) is 6.23 Å². The maximum absolute atomic E-state index is 13.8. The van der Waals surface area contributed by atoms with Crippen LogP contribution in [0.15, 0.2) is 47.3 Å². The minimum absolute atomic E-state index is 0.112. The van der Waals surface area contributed by atoms with Gasteiger partial charge < -0.3 is 24.1 Å². The van der Waals surface area contributed by atoms with Crippen LogP contribution in [0.4, 0.5) is 4.39 Å². The molecule has 47 heavy (non-hydrogen) atoms. The zero-order valence-corrected chi connectivity index (χ0v) is 29.5. The van der Waals surface area contributed by atoms with Gasteiger partial charge in [0.05, 0.1) is 40.6 Å². The Balaban J connectivity index is 0.000000142. The lowest BCUT2D eigenvalue weighted by molar-refractivity contribution is -0.139. The van der Waals surface area contributed by atoms with Crippen molar-refractivity contribution < 1.29 is 28.3 Å². The van der Waals surface area contributed by atoms with Crippen molar-refractivity contribution >= 4 is 45.4 Å². The number of ether oxygens (including phenoxy) is 1. The topological polar surface area (TPSA) is 124 Å². The lowest BCUT2D eigenvalue weighted by Crippen LogP contribution is -2.41. The maximum atomic E-state index is 13.8. The molecule has 2 unspecified atom stereocenters. The predicted molar refractivity (Wildman–Crippen MR) is 183 cm³/mol. The van der Waals surface area contributed by atoms with Gasteiger partial charge in [-0.1, -0.05) is 35.0 Å². The summed E-state index contributed by atoms with van der Waals surface area (Å²) in [5, 5.41) is 17.2. The molecule has 0 saturated carbocycles. The van der Waals surface area contributed by atoms with Crippen LogP contribution in [-0.4, -0.2) is 61.8 Å². The Labute approximate surface area is 284 Å². The number of hydrogen-bond donors (Lipinski definition) is 3. The van der Waals surface area contributed by atoms with Gasteiger partial charge in [-0.3, -0.25) is 10.1 Å². The van der Waals surface area contributed by atoms with Gasteiger partial charge in [0, 0.05) is 29.4 Å². The van der Waals surface area contributed by atoms with E-state index in [1.54, 1.807) is 19.3 Å². The van der Waals surface area contributed by atoms with Crippen molar-refractivity contribution in [3.63, 3.8) is 0 Å². The van der Waals surface area contributed by atoms with Crippen molar-refractivity contribution in [2.45, 2.75) is 104 Å². The monoisotopic (exact) mass is 711 g/mol. The van der Waals surface area contributed by atoms with Crippen molar-refractivity contribution in [3.8, 4) is 0 Å². The third-order valence-corrected chi connectivity index (χ3v) is 9.82. The zero-order chi connectivity index (χ0) is 33.9. The van der Waals surface area contributed by atoms with Gasteiger partial charge in [-0.05, 0) is 95.1 Å². The molecule has 252 valence electrons. The predicted octanol–water partition coefficient (Wildman–Crippen LogP) is 6.00. The molecule has 2 fully saturated rings. The van der Waals surface area contributed by atoms with E-state index in [1.165, 1.54) is 12.8 Å². The normalized spacial score (nSPS) is 21.3. The van der Waals surface area contributed by atoms with E-state index in [4.69, 9.17) is 19.2 Å². The Kier molecular flexibility index (Phi) is 10.9. The lowest BCUT2D eigenvalue weighted by Gasteiger charge is -2.32. The van der Waals surface area contributed by atoms with Crippen molar-refractivity contribution in [2.24, 2.45) is 0 Å². The standard InChI is InChI=1S/C15H22BFO2.C12H13BrN2O.C7H9N3O2/c1-7-11-8-10(2)13(17)9-12(11)16-18-14(3,4)15(5,6)19-16;13-10-5-4-9-8-14-15(11(9)7-10)12-3-1-2-6-16-12;11-7(12)5-1-4-6(2-8-5)10-3-9-4/h8-9H,7H2,1-6H3;4-5,7-8,12H,1-3,6H2;3,5,8H,1-2H2,(H,9,10)(H,11,12). The molecule has 2 aromatic heterocycles. The van der Waals surface area contributed by atoms with Gasteiger partial charge in [0.1, 0.15) is 11.9 Å². The first-order valence-corrected chi connectivity index (χ1v) is 16.9. The highest BCUT2D eigenvalue weighted by Crippen LogP contribution is 2.37. The Morgan fingerprint density at radius 3 is 2.57 bits per heavy atom. The highest BCUT2D eigenvalue weighted by molar-refractivity contribution is 9.10. The van der Waals surface area contributed by atoms with Crippen LogP contribution in [0.25, 0.3) is 10.9 Å². The number of carboxylic acids is 1. The van der Waals surface area contributed by atoms with Gasteiger partial charge in [0.25, 0.3) is 0 Å². The number of benzene rings is 2. The van der Waals surface area contributed by atoms with E-state index in [-0.39, 0.29) is 12.0 Å². The van der Waals surface area contributed by atoms with Gasteiger partial charge in [0.2, 0.25) is 0 Å². The summed E-state index contributed by atoms with van der Waals surface area (Å²) in [7, 11) is -0.491. The molecule has 2 saturated heterocycles. The molecule has 7 rings (SSSR count). The molecule has 0 spiro atoms. The van der Waals surface area contributed by atoms with E-state index >= 15 is 0 Å². The maximum Gasteiger partial charge on any atom is 0.495 e. The molecule has 4 aromatic rings. The SMILES string of the molecule is Brc1ccc2cnn(C3CCCCO3)c2c1.CCc1cc(C)c(F)cc1B1OC(C)(C)C(C)(C)O1.O=C(O)C1Cc2nc[nH]c2CN1. The summed E-state index contributed by atoms with van der Waals surface area (Å²) in [6.45, 7) is 13.3. The summed E-state index contributed by atoms with van der Waals surface area (Å²) in [4.78, 5) is 17.6. The molecular weight excluding hydrogens is 668 g/mol. The minimum atomic E-state index is -0.816. The number of carboxylic acid groups (broad SMARTS) is 1. The second-order valence-corrected chi connectivity index (χ2v) is 14.1. The van der Waals surface area contributed by atoms with Gasteiger partial charge >= 0.3 is 13.1 Å². The Bertz CT molecular complexity index is 1690. The quantitative estimate of drug-likeness (QED) is 0.220. The van der Waals surface area contributed by atoms with Crippen LogP contribution < -0.4 is 10.8 Å². The van der Waals surface area contributed by atoms with Crippen molar-refractivity contribution in [1.82, 2.24) is 25.1 Å². The number of nitrogens with one attached hydrogen (secondary N) is 2. The number of aromatic amines is 1. The molecule has 0 radical (unpaired) electrons. The van der Waals surface area contributed by atoms with E-state index in [9.17, 15) is 9.18 Å². The molecular formula is C34H44BBrFN5O5. The molecule has 10 nitrogen and oxygen atoms in total. The fourth-order valence-electron chi connectivity index (χ4n) is 5.75. The average molecular weight is 712 g/mol. The summed E-state index contributed by atoms with van der Waals surface area (Å²) in [6, 6.07) is 9.16. The number of carbonyl (C=O) groups is 1. The number of hydrogen-bond acceptors (Lipinski definition) is 7. The number of fused-ring (bicyclic) bond motifs is 2. The van der Waals surface area contributed by atoms with Crippen LogP contribution in [0.2, 0.25) is 0 Å². The molecule has 3 aliphatic heterocycles. The Morgan fingerprint density at radius 1 is 1.17 bits per heavy atom. The summed E-state index contributed by atoms with van der Waals surface area (Å²) < 4.78 is 34.7. The highest BCUT2D eigenvalue weighted by atomic mass is 79.9. The van der Waals surface area contributed by atoms with E-state index < -0.39 is 30.3 Å². The van der Waals surface area contributed by atoms with Crippen molar-refractivity contribution in [2.75, 3.05) is 6.61 Å². The van der Waals surface area contributed by atoms with Crippen LogP contribution in [-0.2, 0) is 38.2 Å². The van der Waals surface area contributed by atoms with Crippen LogP contribution in [0.3, 0.4) is 0 Å². The zero-order valence-electron chi connectivity index (χ0n) is 27.9. The minimum Gasteiger partial charge on any atom is -0.480 e. The molecule has 13 heteroatoms. The van der Waals surface area contributed by atoms with Gasteiger partial charge in [-0.2, -0.15) is 5.10 Å². The third kappa shape index (κ3) is 7.97. The number of rotatable bonds is 4. The fraction of sp³-hybridized carbons (Fsp3) is 0.500.